The van der Waals surface area contributed by atoms with Gasteiger partial charge in [-0.05, 0) is 150 Å². The molecule has 0 fully saturated rings. The van der Waals surface area contributed by atoms with E-state index in [1.165, 1.54) is 60.5 Å². The van der Waals surface area contributed by atoms with Gasteiger partial charge < -0.3 is 19.3 Å². The predicted molar refractivity (Wildman–Crippen MR) is 299 cm³/mol. The molecule has 9 aromatic carbocycles. The molecular weight excluding hydrogens is 870 g/mol. The molecule has 0 unspecified atom stereocenters. The summed E-state index contributed by atoms with van der Waals surface area (Å²) in [7, 11) is -3.68. The van der Waals surface area contributed by atoms with Crippen LogP contribution in [0.3, 0.4) is 0 Å². The molecule has 0 atom stereocenters. The first-order chi connectivity index (χ1) is 33.2. The van der Waals surface area contributed by atoms with E-state index < -0.39 is 7.14 Å². The van der Waals surface area contributed by atoms with E-state index in [0.717, 1.165) is 67.1 Å². The molecule has 13 rings (SSSR count). The van der Waals surface area contributed by atoms with Gasteiger partial charge in [-0.3, -0.25) is 0 Å². The van der Waals surface area contributed by atoms with E-state index in [0.29, 0.717) is 0 Å². The molecule has 0 bridgehead atoms. The van der Waals surface area contributed by atoms with Crippen molar-refractivity contribution in [2.24, 2.45) is 0 Å². The molecule has 4 aliphatic rings. The number of hydrogen-bond acceptors (Lipinski definition) is 4. The molecule has 0 saturated heterocycles. The summed E-state index contributed by atoms with van der Waals surface area (Å²) in [6, 6.07) is 61.3. The fourth-order valence-electron chi connectivity index (χ4n) is 12.1. The first-order valence-electron chi connectivity index (χ1n) is 25.0. The Hall–Kier alpha value is -6.87. The van der Waals surface area contributed by atoms with E-state index in [1.807, 2.05) is 0 Å². The van der Waals surface area contributed by atoms with Crippen LogP contribution in [-0.2, 0) is 26.2 Å². The zero-order chi connectivity index (χ0) is 48.6. The Morgan fingerprint density at radius 1 is 0.357 bits per heavy atom. The fraction of sp³-hybridized carbons (Fsp3) is 0.231. The number of anilines is 9. The zero-order valence-corrected chi connectivity index (χ0v) is 43.2. The van der Waals surface area contributed by atoms with Crippen molar-refractivity contribution in [2.45, 2.75) is 97.8 Å². The first kappa shape index (κ1) is 43.2. The Morgan fingerprint density at radius 3 is 1.09 bits per heavy atom. The molecule has 0 N–H and O–H groups in total. The van der Waals surface area contributed by atoms with E-state index in [1.54, 1.807) is 0 Å². The van der Waals surface area contributed by atoms with Crippen LogP contribution in [0, 0.1) is 0 Å². The maximum Gasteiger partial charge on any atom is 0.183 e. The molecule has 0 radical (unpaired) electrons. The molecular formula is C65H60N3OP. The monoisotopic (exact) mass is 929 g/mol. The van der Waals surface area contributed by atoms with E-state index in [2.05, 4.69) is 255 Å². The minimum absolute atomic E-state index is 0.218. The van der Waals surface area contributed by atoms with Gasteiger partial charge in [0.15, 0.2) is 7.14 Å². The lowest BCUT2D eigenvalue weighted by Gasteiger charge is -2.51. The summed E-state index contributed by atoms with van der Waals surface area (Å²) in [6.07, 6.45) is 0. The molecule has 0 spiro atoms. The van der Waals surface area contributed by atoms with Gasteiger partial charge in [0.05, 0.1) is 50.0 Å². The van der Waals surface area contributed by atoms with Crippen molar-refractivity contribution < 1.29 is 4.57 Å². The zero-order valence-electron chi connectivity index (χ0n) is 42.3. The van der Waals surface area contributed by atoms with Crippen molar-refractivity contribution in [3.05, 3.63) is 192 Å². The highest BCUT2D eigenvalue weighted by molar-refractivity contribution is 7.87. The number of fused-ring (bicyclic) bond motifs is 5. The van der Waals surface area contributed by atoms with Crippen molar-refractivity contribution >= 4 is 95.8 Å². The summed E-state index contributed by atoms with van der Waals surface area (Å²) in [6.45, 7) is 25.5. The molecule has 3 aliphatic heterocycles. The topological polar surface area (TPSA) is 26.8 Å². The van der Waals surface area contributed by atoms with Crippen LogP contribution in [0.5, 0.6) is 0 Å². The molecule has 0 amide bonds. The normalized spacial score (nSPS) is 15.8. The minimum Gasteiger partial charge on any atom is -0.309 e. The minimum atomic E-state index is -3.68. The van der Waals surface area contributed by atoms with Gasteiger partial charge in [-0.1, -0.05) is 167 Å². The van der Waals surface area contributed by atoms with Crippen molar-refractivity contribution in [1.29, 1.82) is 0 Å². The summed E-state index contributed by atoms with van der Waals surface area (Å²) in [4.78, 5) is 7.46. The van der Waals surface area contributed by atoms with Crippen LogP contribution in [0.15, 0.2) is 164 Å². The van der Waals surface area contributed by atoms with Gasteiger partial charge >= 0.3 is 0 Å². The summed E-state index contributed by atoms with van der Waals surface area (Å²) in [5, 5.41) is 7.43. The molecule has 0 aromatic heterocycles. The van der Waals surface area contributed by atoms with Crippen LogP contribution in [0.4, 0.5) is 51.2 Å². The smallest absolute Gasteiger partial charge is 0.183 e. The van der Waals surface area contributed by atoms with Crippen LogP contribution in [0.1, 0.15) is 104 Å². The van der Waals surface area contributed by atoms with Gasteiger partial charge in [0.1, 0.15) is 0 Å². The summed E-state index contributed by atoms with van der Waals surface area (Å²) >= 11 is 0. The molecule has 5 heteroatoms. The van der Waals surface area contributed by atoms with Gasteiger partial charge in [-0.2, -0.15) is 0 Å². The van der Waals surface area contributed by atoms with Crippen LogP contribution in [0.2, 0.25) is 0 Å². The van der Waals surface area contributed by atoms with Crippen LogP contribution >= 0.6 is 7.14 Å². The van der Waals surface area contributed by atoms with Crippen molar-refractivity contribution in [1.82, 2.24) is 0 Å². The van der Waals surface area contributed by atoms with Gasteiger partial charge in [0, 0.05) is 22.5 Å². The average molecular weight is 930 g/mol. The Morgan fingerprint density at radius 2 is 0.686 bits per heavy atom. The second kappa shape index (κ2) is 14.1. The Balaban J connectivity index is 1.22. The van der Waals surface area contributed by atoms with Crippen molar-refractivity contribution in [3.8, 4) is 11.1 Å². The first-order valence-corrected chi connectivity index (χ1v) is 26.7. The highest BCUT2D eigenvalue weighted by Gasteiger charge is 2.56. The maximum atomic E-state index is 18.2. The molecule has 3 heterocycles. The SMILES string of the molecule is CC(C)(C)c1cc2c3c(c1)N(c1ccc4ccccc4c1)c1cc(C(C)(C)C)cc4c1P3(=O)c1c(cc(C(C)(C)C)cc1N4c1ccc3ccccc3c1)N2c1ccc2c(c1)C(C)(C)c1ccccc1-2. The average Bonchev–Trinajstić information content (AvgIpc) is 3.55. The standard InChI is InChI=1S/C65H60N3OP/c1-62(2,3)43-32-53-59-54(33-43)67(47-27-25-40-19-13-15-21-42(40)31-47)56-35-45(64(7,8)9)37-58-61(56)70(59,69)60-55(66(53)46-26-24-39-18-12-14-20-41(39)30-46)34-44(63(4,5)6)36-57(60)68(58)48-28-29-50-49-22-16-17-23-51(49)65(10,11)52(50)38-48/h12-38H,1-11H3. The lowest BCUT2D eigenvalue weighted by atomic mass is 9.82. The molecule has 70 heavy (non-hydrogen) atoms. The molecule has 1 aliphatic carbocycles. The van der Waals surface area contributed by atoms with E-state index in [9.17, 15) is 0 Å². The number of rotatable bonds is 3. The lowest BCUT2D eigenvalue weighted by Crippen LogP contribution is -2.48. The number of nitrogens with zero attached hydrogens (tertiary/aromatic N) is 3. The summed E-state index contributed by atoms with van der Waals surface area (Å²) in [5.74, 6) is 0. The van der Waals surface area contributed by atoms with Crippen LogP contribution < -0.4 is 30.6 Å². The molecule has 346 valence electrons. The van der Waals surface area contributed by atoms with Crippen LogP contribution in [-0.4, -0.2) is 0 Å². The van der Waals surface area contributed by atoms with E-state index in [-0.39, 0.29) is 21.7 Å². The fourth-order valence-corrected chi connectivity index (χ4v) is 15.7. The molecule has 4 nitrogen and oxygen atoms in total. The van der Waals surface area contributed by atoms with Gasteiger partial charge in [0.25, 0.3) is 0 Å². The van der Waals surface area contributed by atoms with Gasteiger partial charge in [-0.25, -0.2) is 0 Å². The highest BCUT2D eigenvalue weighted by Crippen LogP contribution is 2.68. The Kier molecular flexibility index (Phi) is 8.72. The number of benzene rings is 9. The van der Waals surface area contributed by atoms with Crippen LogP contribution in [0.25, 0.3) is 32.7 Å². The lowest BCUT2D eigenvalue weighted by molar-refractivity contribution is 0.586. The quantitative estimate of drug-likeness (QED) is 0.165. The highest BCUT2D eigenvalue weighted by atomic mass is 31.2. The second-order valence-electron chi connectivity index (χ2n) is 23.9. The Bertz CT molecular complexity index is 3640. The third-order valence-electron chi connectivity index (χ3n) is 16.0. The predicted octanol–water partition coefficient (Wildman–Crippen LogP) is 17.2. The molecule has 9 aromatic rings. The largest absolute Gasteiger partial charge is 0.309 e. The third kappa shape index (κ3) is 5.93. The third-order valence-corrected chi connectivity index (χ3v) is 19.3. The van der Waals surface area contributed by atoms with E-state index in [4.69, 9.17) is 0 Å². The Labute approximate surface area is 413 Å². The van der Waals surface area contributed by atoms with Crippen molar-refractivity contribution in [2.75, 3.05) is 14.7 Å². The summed E-state index contributed by atoms with van der Waals surface area (Å²) in [5.41, 5.74) is 17.0. The van der Waals surface area contributed by atoms with Gasteiger partial charge in [-0.15, -0.1) is 0 Å². The van der Waals surface area contributed by atoms with E-state index >= 15 is 4.57 Å². The van der Waals surface area contributed by atoms with Crippen molar-refractivity contribution in [3.63, 3.8) is 0 Å². The second-order valence-corrected chi connectivity index (χ2v) is 26.5. The summed E-state index contributed by atoms with van der Waals surface area (Å²) < 4.78 is 18.2. The maximum absolute atomic E-state index is 18.2. The number of hydrogen-bond donors (Lipinski definition) is 0. The van der Waals surface area contributed by atoms with Gasteiger partial charge in [0.2, 0.25) is 0 Å². The molecule has 0 saturated carbocycles.